The fraction of sp³-hybridized carbons (Fsp3) is 0.391. The van der Waals surface area contributed by atoms with Crippen LogP contribution >= 0.6 is 23.2 Å². The van der Waals surface area contributed by atoms with Gasteiger partial charge >= 0.3 is 0 Å². The largest absolute Gasteiger partial charge is 0.484 e. The fourth-order valence-corrected chi connectivity index (χ4v) is 4.10. The zero-order chi connectivity index (χ0) is 22.7. The number of nitrogens with zero attached hydrogens (tertiary/aromatic N) is 1. The van der Waals surface area contributed by atoms with Crippen LogP contribution in [0, 0.1) is 5.82 Å². The highest BCUT2D eigenvalue weighted by Gasteiger charge is 2.37. The second-order valence-corrected chi connectivity index (χ2v) is 8.86. The second-order valence-electron chi connectivity index (χ2n) is 8.02. The highest BCUT2D eigenvalue weighted by Crippen LogP contribution is 2.30. The van der Waals surface area contributed by atoms with Crippen LogP contribution in [0.4, 0.5) is 4.39 Å². The van der Waals surface area contributed by atoms with Gasteiger partial charge in [-0.15, -0.1) is 0 Å². The van der Waals surface area contributed by atoms with Crippen LogP contribution in [0.3, 0.4) is 0 Å². The molecule has 2 aliphatic heterocycles. The molecule has 6 nitrogen and oxygen atoms in total. The summed E-state index contributed by atoms with van der Waals surface area (Å²) in [6, 6.07) is 11.5. The van der Waals surface area contributed by atoms with Crippen LogP contribution in [0.5, 0.6) is 5.75 Å². The van der Waals surface area contributed by atoms with Gasteiger partial charge in [-0.2, -0.15) is 0 Å². The van der Waals surface area contributed by atoms with E-state index < -0.39 is 11.9 Å². The van der Waals surface area contributed by atoms with E-state index in [-0.39, 0.29) is 41.8 Å². The third-order valence-electron chi connectivity index (χ3n) is 5.71. The minimum atomic E-state index is -0.609. The van der Waals surface area contributed by atoms with Gasteiger partial charge in [-0.1, -0.05) is 35.3 Å². The van der Waals surface area contributed by atoms with E-state index in [0.717, 1.165) is 6.07 Å². The molecule has 0 spiro atoms. The summed E-state index contributed by atoms with van der Waals surface area (Å²) in [5.74, 6) is -0.414. The van der Waals surface area contributed by atoms with Crippen molar-refractivity contribution in [3.63, 3.8) is 0 Å². The summed E-state index contributed by atoms with van der Waals surface area (Å²) >= 11 is 11.5. The molecule has 2 amide bonds. The Balaban J connectivity index is 1.16. The number of nitrogens with one attached hydrogen (secondary N) is 1. The standard InChI is InChI=1S/C23H23Cl2FN2O4/c24-16-3-1-14(2-4-16)15-10-28(11-15)23(30)21-8-5-17(12-32-21)27-22(29)13-31-18-6-7-19(25)20(26)9-18/h1-4,6-7,9,15,17,21H,5,8,10-13H2,(H,27,29). The smallest absolute Gasteiger partial charge is 0.258 e. The lowest BCUT2D eigenvalue weighted by Gasteiger charge is -2.42. The van der Waals surface area contributed by atoms with Crippen LogP contribution in [-0.2, 0) is 14.3 Å². The topological polar surface area (TPSA) is 67.9 Å². The number of hydrogen-bond donors (Lipinski definition) is 1. The molecule has 0 bridgehead atoms. The summed E-state index contributed by atoms with van der Waals surface area (Å²) < 4.78 is 24.4. The van der Waals surface area contributed by atoms with Crippen molar-refractivity contribution in [3.05, 3.63) is 63.9 Å². The van der Waals surface area contributed by atoms with Crippen molar-refractivity contribution in [3.8, 4) is 5.75 Å². The molecule has 2 atom stereocenters. The number of halogens is 3. The SMILES string of the molecule is O=C(COc1ccc(Cl)c(F)c1)NC1CCC(C(=O)N2CC(c3ccc(Cl)cc3)C2)OC1. The monoisotopic (exact) mass is 480 g/mol. The predicted octanol–water partition coefficient (Wildman–Crippen LogP) is 3.80. The molecule has 32 heavy (non-hydrogen) atoms. The van der Waals surface area contributed by atoms with Crippen molar-refractivity contribution in [2.75, 3.05) is 26.3 Å². The molecule has 2 fully saturated rings. The first-order valence-corrected chi connectivity index (χ1v) is 11.2. The Hall–Kier alpha value is -2.35. The maximum atomic E-state index is 13.4. The van der Waals surface area contributed by atoms with Gasteiger partial charge in [-0.05, 0) is 42.7 Å². The Labute approximate surface area is 195 Å². The molecule has 4 rings (SSSR count). The number of hydrogen-bond acceptors (Lipinski definition) is 4. The highest BCUT2D eigenvalue weighted by atomic mass is 35.5. The summed E-state index contributed by atoms with van der Waals surface area (Å²) in [5, 5.41) is 3.51. The lowest BCUT2D eigenvalue weighted by atomic mass is 9.90. The van der Waals surface area contributed by atoms with Gasteiger partial charge in [0.25, 0.3) is 11.8 Å². The Morgan fingerprint density at radius 2 is 1.88 bits per heavy atom. The normalized spacial score (nSPS) is 21.0. The number of amides is 2. The van der Waals surface area contributed by atoms with Gasteiger partial charge in [0.15, 0.2) is 6.61 Å². The molecular weight excluding hydrogens is 458 g/mol. The van der Waals surface area contributed by atoms with E-state index in [4.69, 9.17) is 32.7 Å². The van der Waals surface area contributed by atoms with E-state index in [1.54, 1.807) is 0 Å². The molecular formula is C23H23Cl2FN2O4. The maximum absolute atomic E-state index is 13.4. The quantitative estimate of drug-likeness (QED) is 0.682. The van der Waals surface area contributed by atoms with Crippen molar-refractivity contribution in [1.29, 1.82) is 0 Å². The molecule has 2 aromatic carbocycles. The van der Waals surface area contributed by atoms with E-state index in [1.807, 2.05) is 29.2 Å². The van der Waals surface area contributed by atoms with Gasteiger partial charge in [0, 0.05) is 30.1 Å². The van der Waals surface area contributed by atoms with Crippen molar-refractivity contribution >= 4 is 35.0 Å². The van der Waals surface area contributed by atoms with Crippen LogP contribution in [0.25, 0.3) is 0 Å². The zero-order valence-electron chi connectivity index (χ0n) is 17.2. The van der Waals surface area contributed by atoms with E-state index in [0.29, 0.717) is 36.9 Å². The lowest BCUT2D eigenvalue weighted by molar-refractivity contribution is -0.152. The van der Waals surface area contributed by atoms with Gasteiger partial charge in [-0.3, -0.25) is 9.59 Å². The first-order chi connectivity index (χ1) is 15.4. The third kappa shape index (κ3) is 5.52. The molecule has 9 heteroatoms. The zero-order valence-corrected chi connectivity index (χ0v) is 18.7. The minimum absolute atomic E-state index is 0.00640. The number of benzene rings is 2. The van der Waals surface area contributed by atoms with E-state index in [2.05, 4.69) is 5.32 Å². The number of carbonyl (C=O) groups is 2. The third-order valence-corrected chi connectivity index (χ3v) is 6.27. The molecule has 170 valence electrons. The van der Waals surface area contributed by atoms with Crippen molar-refractivity contribution in [1.82, 2.24) is 10.2 Å². The second kappa shape index (κ2) is 10.1. The van der Waals surface area contributed by atoms with Gasteiger partial charge < -0.3 is 19.7 Å². The number of ether oxygens (including phenoxy) is 2. The highest BCUT2D eigenvalue weighted by molar-refractivity contribution is 6.30. The number of rotatable bonds is 6. The minimum Gasteiger partial charge on any atom is -0.484 e. The molecule has 0 radical (unpaired) electrons. The molecule has 2 saturated heterocycles. The van der Waals surface area contributed by atoms with Gasteiger partial charge in [0.2, 0.25) is 0 Å². The average Bonchev–Trinajstić information content (AvgIpc) is 2.75. The van der Waals surface area contributed by atoms with Crippen LogP contribution < -0.4 is 10.1 Å². The van der Waals surface area contributed by atoms with Crippen LogP contribution in [0.2, 0.25) is 10.0 Å². The van der Waals surface area contributed by atoms with Gasteiger partial charge in [0.1, 0.15) is 17.7 Å². The molecule has 2 aromatic rings. The summed E-state index contributed by atoms with van der Waals surface area (Å²) in [6.45, 7) is 1.35. The predicted molar refractivity (Wildman–Crippen MR) is 119 cm³/mol. The van der Waals surface area contributed by atoms with Crippen molar-refractivity contribution in [2.45, 2.75) is 30.9 Å². The van der Waals surface area contributed by atoms with Crippen LogP contribution in [0.1, 0.15) is 24.3 Å². The van der Waals surface area contributed by atoms with E-state index >= 15 is 0 Å². The molecule has 2 unspecified atom stereocenters. The summed E-state index contributed by atoms with van der Waals surface area (Å²) in [5.41, 5.74) is 1.18. The number of carbonyl (C=O) groups excluding carboxylic acids is 2. The first-order valence-electron chi connectivity index (χ1n) is 10.4. The summed E-state index contributed by atoms with van der Waals surface area (Å²) in [6.07, 6.45) is 0.684. The number of likely N-dealkylation sites (tertiary alicyclic amines) is 1. The maximum Gasteiger partial charge on any atom is 0.258 e. The molecule has 0 saturated carbocycles. The summed E-state index contributed by atoms with van der Waals surface area (Å²) in [4.78, 5) is 26.6. The van der Waals surface area contributed by atoms with E-state index in [9.17, 15) is 14.0 Å². The first kappa shape index (κ1) is 22.8. The van der Waals surface area contributed by atoms with Gasteiger partial charge in [0.05, 0.1) is 17.7 Å². The molecule has 0 aromatic heterocycles. The van der Waals surface area contributed by atoms with Crippen LogP contribution in [-0.4, -0.2) is 55.2 Å². The average molecular weight is 481 g/mol. The fourth-order valence-electron chi connectivity index (χ4n) is 3.85. The molecule has 2 aliphatic rings. The molecule has 2 heterocycles. The summed E-state index contributed by atoms with van der Waals surface area (Å²) in [7, 11) is 0. The Kier molecular flexibility index (Phi) is 7.18. The Morgan fingerprint density at radius 3 is 2.53 bits per heavy atom. The van der Waals surface area contributed by atoms with Crippen LogP contribution in [0.15, 0.2) is 42.5 Å². The lowest BCUT2D eigenvalue weighted by Crippen LogP contribution is -2.54. The van der Waals surface area contributed by atoms with Crippen molar-refractivity contribution < 1.29 is 23.5 Å². The Morgan fingerprint density at radius 1 is 1.12 bits per heavy atom. The van der Waals surface area contributed by atoms with Gasteiger partial charge in [-0.25, -0.2) is 4.39 Å². The molecule has 0 aliphatic carbocycles. The Bertz CT molecular complexity index is 974. The van der Waals surface area contributed by atoms with E-state index in [1.165, 1.54) is 17.7 Å². The van der Waals surface area contributed by atoms with Crippen molar-refractivity contribution in [2.24, 2.45) is 0 Å². The molecule has 1 N–H and O–H groups in total.